The zero-order valence-corrected chi connectivity index (χ0v) is 22.1. The first-order chi connectivity index (χ1) is 19.1. The lowest BCUT2D eigenvalue weighted by Gasteiger charge is -2.26. The molecule has 0 spiro atoms. The molecule has 6 rings (SSSR count). The summed E-state index contributed by atoms with van der Waals surface area (Å²) in [6.45, 7) is 11.1. The molecular formula is C33H31NO5. The Morgan fingerprint density at radius 3 is 2.67 bits per heavy atom. The second-order valence-corrected chi connectivity index (χ2v) is 9.90. The van der Waals surface area contributed by atoms with E-state index in [1.807, 2.05) is 67.6 Å². The molecule has 0 atom stereocenters. The number of ketones is 1. The van der Waals surface area contributed by atoms with Crippen molar-refractivity contribution in [2.45, 2.75) is 13.3 Å². The van der Waals surface area contributed by atoms with E-state index in [1.54, 1.807) is 12.1 Å². The molecule has 198 valence electrons. The number of benzene rings is 3. The van der Waals surface area contributed by atoms with E-state index >= 15 is 0 Å². The molecule has 6 nitrogen and oxygen atoms in total. The number of hydrogen-bond donors (Lipinski definition) is 0. The summed E-state index contributed by atoms with van der Waals surface area (Å²) >= 11 is 0. The van der Waals surface area contributed by atoms with Crippen LogP contribution in [0.1, 0.15) is 35.0 Å². The highest BCUT2D eigenvalue weighted by molar-refractivity contribution is 6.17. The normalized spacial score (nSPS) is 15.5. The molecule has 1 saturated heterocycles. The summed E-state index contributed by atoms with van der Waals surface area (Å²) in [5, 5.41) is 0.770. The maximum Gasteiger partial charge on any atom is 0.229 e. The average molecular weight is 522 g/mol. The summed E-state index contributed by atoms with van der Waals surface area (Å²) in [6.07, 6.45) is 2.82. The highest BCUT2D eigenvalue weighted by atomic mass is 16.5. The topological polar surface area (TPSA) is 61.1 Å². The standard InChI is InChI=1S/C33H31NO5/c1-22-20-23(2)38-32-27(22)12-13-28-30(32)29(24-8-4-3-5-9-24)33(39-28)31(35)25-10-6-11-26(21-25)37-17-7-14-34-15-18-36-19-16-34/h3-6,8-13,20-21H,2,7,14-19H2,1H3. The van der Waals surface area contributed by atoms with Gasteiger partial charge in [-0.15, -0.1) is 0 Å². The minimum atomic E-state index is -0.209. The second kappa shape index (κ2) is 10.9. The highest BCUT2D eigenvalue weighted by Gasteiger charge is 2.28. The van der Waals surface area contributed by atoms with E-state index in [2.05, 4.69) is 11.5 Å². The smallest absolute Gasteiger partial charge is 0.229 e. The number of rotatable bonds is 8. The van der Waals surface area contributed by atoms with E-state index < -0.39 is 0 Å². The highest BCUT2D eigenvalue weighted by Crippen LogP contribution is 2.46. The number of allylic oxidation sites excluding steroid dienone is 2. The SMILES string of the molecule is C=C1C=C(C)c2ccc3oc(C(=O)c4cccc(OCCCN5CCOCC5)c4)c(-c4ccccc4)c3c2O1. The number of fused-ring (bicyclic) bond motifs is 3. The Balaban J connectivity index is 1.32. The molecule has 0 aliphatic carbocycles. The summed E-state index contributed by atoms with van der Waals surface area (Å²) in [6, 6.07) is 21.0. The fourth-order valence-electron chi connectivity index (χ4n) is 5.26. The number of hydrogen-bond acceptors (Lipinski definition) is 6. The average Bonchev–Trinajstić information content (AvgIpc) is 3.36. The Labute approximate surface area is 228 Å². The van der Waals surface area contributed by atoms with E-state index in [4.69, 9.17) is 18.6 Å². The summed E-state index contributed by atoms with van der Waals surface area (Å²) in [5.41, 5.74) is 4.70. The van der Waals surface area contributed by atoms with Gasteiger partial charge in [-0.1, -0.05) is 49.0 Å². The van der Waals surface area contributed by atoms with Crippen molar-refractivity contribution in [3.63, 3.8) is 0 Å². The minimum Gasteiger partial charge on any atom is -0.494 e. The van der Waals surface area contributed by atoms with Crippen LogP contribution >= 0.6 is 0 Å². The first-order valence-corrected chi connectivity index (χ1v) is 13.4. The Hall–Kier alpha value is -4.13. The van der Waals surface area contributed by atoms with E-state index in [0.717, 1.165) is 61.4 Å². The van der Waals surface area contributed by atoms with Crippen LogP contribution in [0.15, 0.2) is 89.6 Å². The third kappa shape index (κ3) is 5.13. The van der Waals surface area contributed by atoms with Crippen molar-refractivity contribution in [3.8, 4) is 22.6 Å². The van der Waals surface area contributed by atoms with Gasteiger partial charge >= 0.3 is 0 Å². The quantitative estimate of drug-likeness (QED) is 0.189. The molecule has 3 aromatic carbocycles. The van der Waals surface area contributed by atoms with E-state index in [0.29, 0.717) is 40.6 Å². The number of carbonyl (C=O) groups excluding carboxylic acids is 1. The van der Waals surface area contributed by atoms with Crippen LogP contribution < -0.4 is 9.47 Å². The largest absolute Gasteiger partial charge is 0.494 e. The monoisotopic (exact) mass is 521 g/mol. The maximum atomic E-state index is 14.0. The molecule has 4 aromatic rings. The zero-order chi connectivity index (χ0) is 26.8. The number of furan rings is 1. The lowest BCUT2D eigenvalue weighted by Crippen LogP contribution is -2.37. The molecular weight excluding hydrogens is 490 g/mol. The van der Waals surface area contributed by atoms with E-state index in [-0.39, 0.29) is 11.5 Å². The molecule has 0 radical (unpaired) electrons. The van der Waals surface area contributed by atoms with Gasteiger partial charge in [0.15, 0.2) is 5.76 Å². The molecule has 0 N–H and O–H groups in total. The summed E-state index contributed by atoms with van der Waals surface area (Å²) in [7, 11) is 0. The fourth-order valence-corrected chi connectivity index (χ4v) is 5.26. The lowest BCUT2D eigenvalue weighted by atomic mass is 9.94. The van der Waals surface area contributed by atoms with Gasteiger partial charge in [-0.05, 0) is 54.8 Å². The second-order valence-electron chi connectivity index (χ2n) is 9.90. The van der Waals surface area contributed by atoms with Crippen molar-refractivity contribution in [2.75, 3.05) is 39.5 Å². The summed E-state index contributed by atoms with van der Waals surface area (Å²) < 4.78 is 23.8. The molecule has 1 aromatic heterocycles. The predicted molar refractivity (Wildman–Crippen MR) is 152 cm³/mol. The van der Waals surface area contributed by atoms with Gasteiger partial charge < -0.3 is 18.6 Å². The van der Waals surface area contributed by atoms with Gasteiger partial charge in [0.1, 0.15) is 22.8 Å². The molecule has 0 amide bonds. The van der Waals surface area contributed by atoms with Gasteiger partial charge in [0.2, 0.25) is 5.78 Å². The lowest BCUT2D eigenvalue weighted by molar-refractivity contribution is 0.0358. The van der Waals surface area contributed by atoms with Gasteiger partial charge in [-0.3, -0.25) is 9.69 Å². The molecule has 3 heterocycles. The van der Waals surface area contributed by atoms with E-state index in [1.165, 1.54) is 0 Å². The zero-order valence-electron chi connectivity index (χ0n) is 22.1. The van der Waals surface area contributed by atoms with Crippen molar-refractivity contribution in [3.05, 3.63) is 102 Å². The Kier molecular flexibility index (Phi) is 7.05. The van der Waals surface area contributed by atoms with Crippen LogP contribution in [0, 0.1) is 0 Å². The van der Waals surface area contributed by atoms with Crippen molar-refractivity contribution >= 4 is 22.3 Å². The summed E-state index contributed by atoms with van der Waals surface area (Å²) in [5.74, 6) is 1.95. The van der Waals surface area contributed by atoms with Gasteiger partial charge in [0.05, 0.1) is 25.2 Å². The third-order valence-corrected chi connectivity index (χ3v) is 7.20. The van der Waals surface area contributed by atoms with Crippen LogP contribution in [-0.2, 0) is 4.74 Å². The van der Waals surface area contributed by atoms with Gasteiger partial charge in [0, 0.05) is 36.3 Å². The van der Waals surface area contributed by atoms with Crippen LogP contribution in [-0.4, -0.2) is 50.1 Å². The predicted octanol–water partition coefficient (Wildman–Crippen LogP) is 6.74. The fraction of sp³-hybridized carbons (Fsp3) is 0.242. The first kappa shape index (κ1) is 25.2. The molecule has 2 aliphatic rings. The van der Waals surface area contributed by atoms with Crippen molar-refractivity contribution in [1.82, 2.24) is 4.90 Å². The molecule has 0 bridgehead atoms. The Morgan fingerprint density at radius 1 is 1.03 bits per heavy atom. The number of carbonyl (C=O) groups is 1. The van der Waals surface area contributed by atoms with Gasteiger partial charge in [-0.2, -0.15) is 0 Å². The number of nitrogens with zero attached hydrogens (tertiary/aromatic N) is 1. The molecule has 6 heteroatoms. The Bertz CT molecular complexity index is 1560. The summed E-state index contributed by atoms with van der Waals surface area (Å²) in [4.78, 5) is 16.3. The Morgan fingerprint density at radius 2 is 1.85 bits per heavy atom. The molecule has 0 saturated carbocycles. The van der Waals surface area contributed by atoms with E-state index in [9.17, 15) is 4.79 Å². The van der Waals surface area contributed by atoms with Crippen LogP contribution in [0.4, 0.5) is 0 Å². The first-order valence-electron chi connectivity index (χ1n) is 13.4. The van der Waals surface area contributed by atoms with Crippen LogP contribution in [0.5, 0.6) is 11.5 Å². The van der Waals surface area contributed by atoms with Crippen LogP contribution in [0.25, 0.3) is 27.7 Å². The van der Waals surface area contributed by atoms with Crippen molar-refractivity contribution in [2.24, 2.45) is 0 Å². The molecule has 0 unspecified atom stereocenters. The van der Waals surface area contributed by atoms with Crippen LogP contribution in [0.3, 0.4) is 0 Å². The number of morpholine rings is 1. The van der Waals surface area contributed by atoms with Crippen molar-refractivity contribution in [1.29, 1.82) is 0 Å². The number of ether oxygens (including phenoxy) is 3. The van der Waals surface area contributed by atoms with Crippen molar-refractivity contribution < 1.29 is 23.4 Å². The maximum absolute atomic E-state index is 14.0. The molecule has 2 aliphatic heterocycles. The van der Waals surface area contributed by atoms with Crippen LogP contribution in [0.2, 0.25) is 0 Å². The van der Waals surface area contributed by atoms with Gasteiger partial charge in [-0.25, -0.2) is 0 Å². The minimum absolute atomic E-state index is 0.209. The molecule has 1 fully saturated rings. The molecule has 39 heavy (non-hydrogen) atoms. The van der Waals surface area contributed by atoms with Gasteiger partial charge in [0.25, 0.3) is 0 Å². The third-order valence-electron chi connectivity index (χ3n) is 7.20.